The van der Waals surface area contributed by atoms with Crippen molar-refractivity contribution in [1.82, 2.24) is 0 Å². The molecule has 2 aliphatic heterocycles. The Morgan fingerprint density at radius 1 is 1.44 bits per heavy atom. The minimum Gasteiger partial charge on any atom is -0.377 e. The van der Waals surface area contributed by atoms with Gasteiger partial charge in [0.1, 0.15) is 23.7 Å². The summed E-state index contributed by atoms with van der Waals surface area (Å²) in [4.78, 5) is 0. The van der Waals surface area contributed by atoms with Crippen LogP contribution in [0.3, 0.4) is 0 Å². The zero-order valence-electron chi connectivity index (χ0n) is 9.55. The molecule has 0 amide bonds. The number of ether oxygens (including phenoxy) is 4. The third kappa shape index (κ3) is 2.20. The van der Waals surface area contributed by atoms with E-state index in [1.165, 1.54) is 7.11 Å². The van der Waals surface area contributed by atoms with Gasteiger partial charge in [-0.25, -0.2) is 0 Å². The number of aliphatic hydroxyl groups excluding tert-OH is 1. The highest BCUT2D eigenvalue weighted by Crippen LogP contribution is 2.34. The van der Waals surface area contributed by atoms with Gasteiger partial charge in [0.25, 0.3) is 0 Å². The summed E-state index contributed by atoms with van der Waals surface area (Å²) in [6.45, 7) is 4.07. The van der Waals surface area contributed by atoms with Crippen LogP contribution in [-0.4, -0.2) is 54.6 Å². The number of aliphatic hydroxyl groups is 1. The molecule has 0 aromatic heterocycles. The summed E-state index contributed by atoms with van der Waals surface area (Å²) in [5.74, 6) is -0.623. The highest BCUT2D eigenvalue weighted by atomic mass is 35.5. The lowest BCUT2D eigenvalue weighted by molar-refractivity contribution is -0.176. The van der Waals surface area contributed by atoms with Crippen molar-refractivity contribution < 1.29 is 24.1 Å². The summed E-state index contributed by atoms with van der Waals surface area (Å²) in [6.07, 6.45) is -2.08. The average Bonchev–Trinajstić information content (AvgIpc) is 2.69. The Bertz CT molecular complexity index is 260. The van der Waals surface area contributed by atoms with Gasteiger partial charge in [0.15, 0.2) is 12.1 Å². The van der Waals surface area contributed by atoms with Crippen LogP contribution in [0.2, 0.25) is 0 Å². The van der Waals surface area contributed by atoms with Gasteiger partial charge in [0.2, 0.25) is 0 Å². The monoisotopic (exact) mass is 252 g/mol. The van der Waals surface area contributed by atoms with Gasteiger partial charge in [-0.3, -0.25) is 0 Å². The molecule has 94 valence electrons. The van der Waals surface area contributed by atoms with Crippen molar-refractivity contribution in [2.75, 3.05) is 13.7 Å². The minimum atomic E-state index is -1.02. The first-order valence-corrected chi connectivity index (χ1v) is 5.70. The number of halogens is 1. The van der Waals surface area contributed by atoms with Crippen molar-refractivity contribution in [3.8, 4) is 0 Å². The molecule has 2 rings (SSSR count). The smallest absolute Gasteiger partial charge is 0.174 e. The predicted octanol–water partition coefficient (Wildman–Crippen LogP) is 0.477. The molecule has 2 fully saturated rings. The number of hydrogen-bond acceptors (Lipinski definition) is 5. The molecule has 2 saturated heterocycles. The molecular formula is C10H17ClO5. The normalized spacial score (nSPS) is 47.4. The number of methoxy groups -OCH3 is 1. The standard InChI is InChI=1S/C10H17ClO5/c1-10(2)14-4-5(16-10)7-8(13-3)6(11)9(12)15-7/h5-9,12H,4H2,1-3H3/t5-,6?,7-,8-,9?/m1/s1. The molecule has 0 spiro atoms. The van der Waals surface area contributed by atoms with E-state index in [-0.39, 0.29) is 12.2 Å². The molecule has 0 aromatic carbocycles. The van der Waals surface area contributed by atoms with E-state index in [1.54, 1.807) is 0 Å². The Labute approximate surface area is 99.6 Å². The molecule has 0 radical (unpaired) electrons. The average molecular weight is 253 g/mol. The van der Waals surface area contributed by atoms with Crippen molar-refractivity contribution in [1.29, 1.82) is 0 Å². The van der Waals surface area contributed by atoms with E-state index in [9.17, 15) is 5.11 Å². The SMILES string of the molecule is CO[C@@H]1C(Cl)C(O)O[C@@H]1[C@H]1COC(C)(C)O1. The van der Waals surface area contributed by atoms with Crippen LogP contribution in [0, 0.1) is 0 Å². The van der Waals surface area contributed by atoms with Crippen molar-refractivity contribution in [3.05, 3.63) is 0 Å². The van der Waals surface area contributed by atoms with Gasteiger partial charge in [-0.1, -0.05) is 0 Å². The van der Waals surface area contributed by atoms with Crippen LogP contribution in [-0.2, 0) is 18.9 Å². The second-order valence-corrected chi connectivity index (χ2v) is 5.01. The predicted molar refractivity (Wildman–Crippen MR) is 56.2 cm³/mol. The first kappa shape index (κ1) is 12.5. The lowest BCUT2D eigenvalue weighted by Crippen LogP contribution is -2.40. The molecule has 16 heavy (non-hydrogen) atoms. The quantitative estimate of drug-likeness (QED) is 0.725. The van der Waals surface area contributed by atoms with E-state index in [0.717, 1.165) is 0 Å². The highest BCUT2D eigenvalue weighted by Gasteiger charge is 2.50. The molecule has 1 N–H and O–H groups in total. The zero-order valence-corrected chi connectivity index (χ0v) is 10.3. The van der Waals surface area contributed by atoms with Crippen LogP contribution in [0.25, 0.3) is 0 Å². The lowest BCUT2D eigenvalue weighted by atomic mass is 10.1. The van der Waals surface area contributed by atoms with Gasteiger partial charge in [0, 0.05) is 7.11 Å². The summed E-state index contributed by atoms with van der Waals surface area (Å²) < 4.78 is 21.7. The molecule has 6 heteroatoms. The Hall–Kier alpha value is 0.0900. The van der Waals surface area contributed by atoms with Gasteiger partial charge in [-0.2, -0.15) is 0 Å². The van der Waals surface area contributed by atoms with Crippen molar-refractivity contribution >= 4 is 11.6 Å². The summed E-state index contributed by atoms with van der Waals surface area (Å²) in [6, 6.07) is 0. The van der Waals surface area contributed by atoms with Crippen LogP contribution >= 0.6 is 11.6 Å². The maximum Gasteiger partial charge on any atom is 0.174 e. The van der Waals surface area contributed by atoms with Crippen LogP contribution < -0.4 is 0 Å². The van der Waals surface area contributed by atoms with E-state index in [2.05, 4.69) is 0 Å². The fourth-order valence-electron chi connectivity index (χ4n) is 2.10. The Morgan fingerprint density at radius 3 is 2.62 bits per heavy atom. The number of hydrogen-bond donors (Lipinski definition) is 1. The van der Waals surface area contributed by atoms with Crippen LogP contribution in [0.4, 0.5) is 0 Å². The molecule has 5 atom stereocenters. The summed E-state index contributed by atoms with van der Waals surface area (Å²) in [5, 5.41) is 8.95. The molecule has 0 bridgehead atoms. The van der Waals surface area contributed by atoms with Crippen LogP contribution in [0.15, 0.2) is 0 Å². The van der Waals surface area contributed by atoms with Crippen molar-refractivity contribution in [2.24, 2.45) is 0 Å². The molecule has 2 aliphatic rings. The lowest BCUT2D eigenvalue weighted by Gasteiger charge is -2.24. The largest absolute Gasteiger partial charge is 0.377 e. The first-order chi connectivity index (χ1) is 7.44. The van der Waals surface area contributed by atoms with Crippen LogP contribution in [0.1, 0.15) is 13.8 Å². The molecule has 5 nitrogen and oxygen atoms in total. The van der Waals surface area contributed by atoms with Gasteiger partial charge in [0.05, 0.1) is 6.61 Å². The first-order valence-electron chi connectivity index (χ1n) is 5.27. The van der Waals surface area contributed by atoms with E-state index < -0.39 is 23.6 Å². The molecule has 2 unspecified atom stereocenters. The Morgan fingerprint density at radius 2 is 2.12 bits per heavy atom. The molecule has 0 aliphatic carbocycles. The summed E-state index contributed by atoms with van der Waals surface area (Å²) in [5.41, 5.74) is 0. The maximum absolute atomic E-state index is 9.53. The minimum absolute atomic E-state index is 0.265. The van der Waals surface area contributed by atoms with Crippen molar-refractivity contribution in [2.45, 2.75) is 49.6 Å². The van der Waals surface area contributed by atoms with E-state index >= 15 is 0 Å². The Kier molecular flexibility index (Phi) is 3.45. The summed E-state index contributed by atoms with van der Waals surface area (Å²) >= 11 is 5.98. The summed E-state index contributed by atoms with van der Waals surface area (Å²) in [7, 11) is 1.54. The fourth-order valence-corrected chi connectivity index (χ4v) is 2.40. The van der Waals surface area contributed by atoms with E-state index in [0.29, 0.717) is 6.61 Å². The highest BCUT2D eigenvalue weighted by molar-refractivity contribution is 6.21. The van der Waals surface area contributed by atoms with Gasteiger partial charge in [-0.05, 0) is 13.8 Å². The third-order valence-electron chi connectivity index (χ3n) is 2.88. The molecular weight excluding hydrogens is 236 g/mol. The molecule has 0 aromatic rings. The van der Waals surface area contributed by atoms with Crippen LogP contribution in [0.5, 0.6) is 0 Å². The van der Waals surface area contributed by atoms with Gasteiger partial charge in [-0.15, -0.1) is 11.6 Å². The van der Waals surface area contributed by atoms with Gasteiger partial charge >= 0.3 is 0 Å². The number of alkyl halides is 1. The zero-order chi connectivity index (χ0) is 11.9. The topological polar surface area (TPSA) is 57.2 Å². The third-order valence-corrected chi connectivity index (χ3v) is 3.34. The number of rotatable bonds is 2. The Balaban J connectivity index is 2.05. The second-order valence-electron chi connectivity index (χ2n) is 4.50. The van der Waals surface area contributed by atoms with Crippen molar-refractivity contribution in [3.63, 3.8) is 0 Å². The van der Waals surface area contributed by atoms with E-state index in [1.807, 2.05) is 13.8 Å². The van der Waals surface area contributed by atoms with Gasteiger partial charge < -0.3 is 24.1 Å². The molecule has 0 saturated carbocycles. The van der Waals surface area contributed by atoms with E-state index in [4.69, 9.17) is 30.5 Å². The maximum atomic E-state index is 9.53. The second kappa shape index (κ2) is 4.40. The molecule has 2 heterocycles. The fraction of sp³-hybridized carbons (Fsp3) is 1.00.